The number of hydrogen-bond acceptors (Lipinski definition) is 7. The first kappa shape index (κ1) is 17.6. The minimum Gasteiger partial charge on any atom is -0.337 e. The van der Waals surface area contributed by atoms with Crippen LogP contribution in [0.4, 0.5) is 5.95 Å². The van der Waals surface area contributed by atoms with Crippen LogP contribution in [0.1, 0.15) is 51.9 Å². The van der Waals surface area contributed by atoms with Gasteiger partial charge in [-0.2, -0.15) is 0 Å². The van der Waals surface area contributed by atoms with E-state index in [2.05, 4.69) is 44.0 Å². The van der Waals surface area contributed by atoms with E-state index in [9.17, 15) is 0 Å². The predicted molar refractivity (Wildman–Crippen MR) is 106 cm³/mol. The Labute approximate surface area is 161 Å². The van der Waals surface area contributed by atoms with E-state index in [-0.39, 0.29) is 0 Å². The van der Waals surface area contributed by atoms with Crippen LogP contribution >= 0.6 is 22.7 Å². The van der Waals surface area contributed by atoms with Gasteiger partial charge in [0.05, 0.1) is 29.4 Å². The average molecular weight is 389 g/mol. The zero-order valence-corrected chi connectivity index (χ0v) is 17.2. The first-order chi connectivity index (χ1) is 12.6. The van der Waals surface area contributed by atoms with Crippen LogP contribution in [-0.4, -0.2) is 31.8 Å². The molecule has 0 unspecified atom stereocenters. The Balaban J connectivity index is 1.52. The molecule has 0 spiro atoms. The van der Waals surface area contributed by atoms with Gasteiger partial charge in [-0.1, -0.05) is 0 Å². The highest BCUT2D eigenvalue weighted by atomic mass is 32.1. The lowest BCUT2D eigenvalue weighted by atomic mass is 10.0. The average Bonchev–Trinajstić information content (AvgIpc) is 3.32. The van der Waals surface area contributed by atoms with E-state index >= 15 is 0 Å². The Hall–Kier alpha value is -1.80. The molecule has 0 saturated heterocycles. The third kappa shape index (κ3) is 3.53. The Kier molecular flexibility index (Phi) is 5.04. The highest BCUT2D eigenvalue weighted by Gasteiger charge is 2.19. The van der Waals surface area contributed by atoms with Crippen molar-refractivity contribution in [3.63, 3.8) is 0 Å². The predicted octanol–water partition coefficient (Wildman–Crippen LogP) is 3.63. The van der Waals surface area contributed by atoms with Gasteiger partial charge in [-0.05, 0) is 39.5 Å². The number of hydrogen-bond donors (Lipinski definition) is 0. The van der Waals surface area contributed by atoms with Gasteiger partial charge < -0.3 is 4.90 Å². The van der Waals surface area contributed by atoms with Crippen LogP contribution in [0.5, 0.6) is 0 Å². The van der Waals surface area contributed by atoms with E-state index in [1.807, 2.05) is 18.3 Å². The van der Waals surface area contributed by atoms with Crippen LogP contribution < -0.4 is 4.90 Å². The van der Waals surface area contributed by atoms with E-state index in [0.29, 0.717) is 0 Å². The molecule has 3 heterocycles. The van der Waals surface area contributed by atoms with Gasteiger partial charge in [0.2, 0.25) is 5.95 Å². The minimum atomic E-state index is 0.727. The van der Waals surface area contributed by atoms with Crippen molar-refractivity contribution < 1.29 is 0 Å². The second-order valence-corrected chi connectivity index (χ2v) is 8.97. The van der Waals surface area contributed by atoms with Crippen LogP contribution in [0.25, 0.3) is 0 Å². The molecule has 0 atom stereocenters. The smallest absolute Gasteiger partial charge is 0.227 e. The van der Waals surface area contributed by atoms with Gasteiger partial charge >= 0.3 is 0 Å². The molecule has 1 aliphatic carbocycles. The Bertz CT molecular complexity index is 870. The molecule has 8 heteroatoms. The molecule has 3 aromatic rings. The Morgan fingerprint density at radius 3 is 2.77 bits per heavy atom. The highest BCUT2D eigenvalue weighted by molar-refractivity contribution is 7.11. The van der Waals surface area contributed by atoms with Gasteiger partial charge in [0.15, 0.2) is 0 Å². The maximum absolute atomic E-state index is 4.86. The van der Waals surface area contributed by atoms with E-state index in [4.69, 9.17) is 4.98 Å². The monoisotopic (exact) mass is 388 g/mol. The largest absolute Gasteiger partial charge is 0.337 e. The second-order valence-electron chi connectivity index (χ2n) is 6.74. The highest BCUT2D eigenvalue weighted by Crippen LogP contribution is 2.28. The zero-order valence-electron chi connectivity index (χ0n) is 15.5. The molecule has 4 rings (SSSR count). The fourth-order valence-electron chi connectivity index (χ4n) is 3.46. The lowest BCUT2D eigenvalue weighted by molar-refractivity contribution is 0.676. The van der Waals surface area contributed by atoms with Crippen molar-refractivity contribution in [1.82, 2.24) is 24.7 Å². The van der Waals surface area contributed by atoms with E-state index in [0.717, 1.165) is 48.4 Å². The molecule has 0 aromatic carbocycles. The summed E-state index contributed by atoms with van der Waals surface area (Å²) in [6, 6.07) is 0. The zero-order chi connectivity index (χ0) is 18.1. The van der Waals surface area contributed by atoms with Gasteiger partial charge in [0.1, 0.15) is 10.8 Å². The lowest BCUT2D eigenvalue weighted by Crippen LogP contribution is -2.21. The van der Waals surface area contributed by atoms with Crippen LogP contribution in [0.15, 0.2) is 5.38 Å². The summed E-state index contributed by atoms with van der Waals surface area (Å²) in [7, 11) is 2.08. The van der Waals surface area contributed by atoms with Gasteiger partial charge in [-0.3, -0.25) is 4.57 Å². The molecule has 1 aliphatic rings. The summed E-state index contributed by atoms with van der Waals surface area (Å²) in [6.45, 7) is 5.80. The third-order valence-electron chi connectivity index (χ3n) is 4.73. The molecule has 6 nitrogen and oxygen atoms in total. The normalized spacial score (nSPS) is 13.8. The Morgan fingerprint density at radius 2 is 2.04 bits per heavy atom. The van der Waals surface area contributed by atoms with Crippen molar-refractivity contribution in [2.24, 2.45) is 0 Å². The number of anilines is 1. The molecule has 0 N–H and O–H groups in total. The van der Waals surface area contributed by atoms with Gasteiger partial charge in [0.25, 0.3) is 0 Å². The number of aromatic nitrogens is 5. The number of thiazole rings is 2. The fourth-order valence-corrected chi connectivity index (χ4v) is 5.28. The molecule has 3 aromatic heterocycles. The molecule has 0 fully saturated rings. The van der Waals surface area contributed by atoms with Gasteiger partial charge in [-0.25, -0.2) is 9.97 Å². The number of rotatable bonds is 6. The molecule has 0 radical (unpaired) electrons. The maximum Gasteiger partial charge on any atom is 0.227 e. The van der Waals surface area contributed by atoms with Crippen LogP contribution in [-0.2, 0) is 32.4 Å². The van der Waals surface area contributed by atoms with Crippen molar-refractivity contribution >= 4 is 28.6 Å². The first-order valence-corrected chi connectivity index (χ1v) is 10.8. The minimum absolute atomic E-state index is 0.727. The summed E-state index contributed by atoms with van der Waals surface area (Å²) in [5.41, 5.74) is 2.39. The van der Waals surface area contributed by atoms with E-state index in [1.54, 1.807) is 11.3 Å². The van der Waals surface area contributed by atoms with Gasteiger partial charge in [-0.15, -0.1) is 32.9 Å². The van der Waals surface area contributed by atoms with Crippen molar-refractivity contribution in [3.8, 4) is 0 Å². The summed E-state index contributed by atoms with van der Waals surface area (Å²) < 4.78 is 2.18. The van der Waals surface area contributed by atoms with Crippen LogP contribution in [0, 0.1) is 6.92 Å². The summed E-state index contributed by atoms with van der Waals surface area (Å²) in [5.74, 6) is 1.88. The summed E-state index contributed by atoms with van der Waals surface area (Å²) in [6.07, 6.45) is 5.63. The molecular formula is C18H24N6S2. The van der Waals surface area contributed by atoms with E-state index in [1.165, 1.54) is 34.8 Å². The number of fused-ring (bicyclic) bond motifs is 1. The fraction of sp³-hybridized carbons (Fsp3) is 0.556. The van der Waals surface area contributed by atoms with E-state index < -0.39 is 0 Å². The Morgan fingerprint density at radius 1 is 1.19 bits per heavy atom. The summed E-state index contributed by atoms with van der Waals surface area (Å²) in [4.78, 5) is 13.1. The van der Waals surface area contributed by atoms with Gasteiger partial charge in [0, 0.05) is 23.8 Å². The molecule has 138 valence electrons. The summed E-state index contributed by atoms with van der Waals surface area (Å²) in [5, 5.41) is 13.3. The van der Waals surface area contributed by atoms with Crippen molar-refractivity contribution in [1.29, 1.82) is 0 Å². The van der Waals surface area contributed by atoms with Crippen LogP contribution in [0.3, 0.4) is 0 Å². The molecule has 0 amide bonds. The molecule has 0 aliphatic heterocycles. The molecule has 0 bridgehead atoms. The molecule has 0 saturated carbocycles. The number of nitrogens with zero attached hydrogens (tertiary/aromatic N) is 6. The molecular weight excluding hydrogens is 364 g/mol. The number of aryl methyl sites for hydroxylation is 3. The third-order valence-corrected chi connectivity index (χ3v) is 6.70. The summed E-state index contributed by atoms with van der Waals surface area (Å²) >= 11 is 3.54. The standard InChI is InChI=1S/C18H24N6S2/c1-4-24-16(9-13-11-25-12(2)19-13)21-22-18(24)23(3)10-17-20-14-7-5-6-8-15(14)26-17/h11H,4-10H2,1-3H3. The SMILES string of the molecule is CCn1c(Cc2csc(C)n2)nnc1N(C)Cc1nc2c(s1)CCCC2. The van der Waals surface area contributed by atoms with Crippen molar-refractivity contribution in [3.05, 3.63) is 37.5 Å². The quantitative estimate of drug-likeness (QED) is 0.645. The second kappa shape index (κ2) is 7.44. The maximum atomic E-state index is 4.86. The first-order valence-electron chi connectivity index (χ1n) is 9.15. The topological polar surface area (TPSA) is 59.7 Å². The van der Waals surface area contributed by atoms with Crippen LogP contribution in [0.2, 0.25) is 0 Å². The van der Waals surface area contributed by atoms with Crippen molar-refractivity contribution in [2.45, 2.75) is 59.0 Å². The molecule has 26 heavy (non-hydrogen) atoms. The lowest BCUT2D eigenvalue weighted by Gasteiger charge is -2.17. The van der Waals surface area contributed by atoms with Crippen molar-refractivity contribution in [2.75, 3.05) is 11.9 Å².